The molecule has 1 aliphatic carbocycles. The normalized spacial score (nSPS) is 18.2. The van der Waals surface area contributed by atoms with E-state index in [1.54, 1.807) is 0 Å². The molecule has 0 amide bonds. The second-order valence-corrected chi connectivity index (χ2v) is 3.65. The third-order valence-electron chi connectivity index (χ3n) is 2.58. The van der Waals surface area contributed by atoms with Gasteiger partial charge in [-0.3, -0.25) is 0 Å². The van der Waals surface area contributed by atoms with Gasteiger partial charge in [-0.05, 0) is 30.9 Å². The first-order chi connectivity index (χ1) is 6.61. The molecule has 1 aromatic carbocycles. The number of benzene rings is 1. The summed E-state index contributed by atoms with van der Waals surface area (Å²) in [5.74, 6) is -1.93. The van der Waals surface area contributed by atoms with Crippen molar-refractivity contribution < 1.29 is 13.9 Å². The van der Waals surface area contributed by atoms with E-state index in [-0.39, 0.29) is 11.5 Å². The third kappa shape index (κ3) is 1.46. The number of hydrogen-bond acceptors (Lipinski definition) is 2. The van der Waals surface area contributed by atoms with E-state index in [4.69, 9.17) is 5.73 Å². The molecule has 0 radical (unpaired) electrons. The average molecular weight is 199 g/mol. The Kier molecular flexibility index (Phi) is 2.15. The molecule has 0 bridgehead atoms. The lowest BCUT2D eigenvalue weighted by Gasteiger charge is -2.13. The molecule has 0 aliphatic heterocycles. The number of nitrogens with two attached hydrogens (primary N) is 1. The van der Waals surface area contributed by atoms with Crippen LogP contribution in [-0.4, -0.2) is 5.11 Å². The van der Waals surface area contributed by atoms with E-state index < -0.39 is 23.4 Å². The first-order valence-corrected chi connectivity index (χ1v) is 4.53. The highest BCUT2D eigenvalue weighted by atomic mass is 19.1. The third-order valence-corrected chi connectivity index (χ3v) is 2.58. The van der Waals surface area contributed by atoms with Crippen molar-refractivity contribution in [2.45, 2.75) is 18.9 Å². The highest BCUT2D eigenvalue weighted by Crippen LogP contribution is 2.43. The Morgan fingerprint density at radius 1 is 1.29 bits per heavy atom. The van der Waals surface area contributed by atoms with E-state index in [0.29, 0.717) is 0 Å². The summed E-state index contributed by atoms with van der Waals surface area (Å²) in [4.78, 5) is 0. The summed E-state index contributed by atoms with van der Waals surface area (Å²) in [6.45, 7) is 0. The zero-order valence-corrected chi connectivity index (χ0v) is 7.50. The molecule has 1 aliphatic rings. The van der Waals surface area contributed by atoms with Gasteiger partial charge in [0.1, 0.15) is 5.82 Å². The van der Waals surface area contributed by atoms with Gasteiger partial charge in [0.2, 0.25) is 0 Å². The number of aromatic hydroxyl groups is 1. The minimum atomic E-state index is -0.822. The second-order valence-electron chi connectivity index (χ2n) is 3.65. The molecular weight excluding hydrogens is 188 g/mol. The zero-order valence-electron chi connectivity index (χ0n) is 7.50. The molecule has 0 unspecified atom stereocenters. The van der Waals surface area contributed by atoms with Crippen molar-refractivity contribution in [1.29, 1.82) is 0 Å². The van der Waals surface area contributed by atoms with Crippen molar-refractivity contribution in [3.05, 3.63) is 29.3 Å². The van der Waals surface area contributed by atoms with Crippen LogP contribution in [0.2, 0.25) is 0 Å². The van der Waals surface area contributed by atoms with Crippen LogP contribution >= 0.6 is 0 Å². The van der Waals surface area contributed by atoms with E-state index in [9.17, 15) is 13.9 Å². The standard InChI is InChI=1S/C10H11F2NO/c11-6-3-4-7(12)10(14)8(6)9(13)5-1-2-5/h3-5,9,14H,1-2,13H2/t9-/m1/s1. The monoisotopic (exact) mass is 199 g/mol. The van der Waals surface area contributed by atoms with Gasteiger partial charge in [-0.15, -0.1) is 0 Å². The van der Waals surface area contributed by atoms with Crippen LogP contribution in [0, 0.1) is 17.6 Å². The maximum absolute atomic E-state index is 13.3. The molecule has 1 aromatic rings. The summed E-state index contributed by atoms with van der Waals surface area (Å²) in [5, 5.41) is 9.33. The molecule has 1 saturated carbocycles. The van der Waals surface area contributed by atoms with Gasteiger partial charge in [-0.25, -0.2) is 8.78 Å². The molecular formula is C10H11F2NO. The Morgan fingerprint density at radius 2 is 1.86 bits per heavy atom. The van der Waals surface area contributed by atoms with Crippen molar-refractivity contribution in [1.82, 2.24) is 0 Å². The van der Waals surface area contributed by atoms with Gasteiger partial charge in [0.05, 0.1) is 0 Å². The summed E-state index contributed by atoms with van der Waals surface area (Å²) in [5.41, 5.74) is 5.61. The van der Waals surface area contributed by atoms with Crippen molar-refractivity contribution in [3.63, 3.8) is 0 Å². The molecule has 2 nitrogen and oxygen atoms in total. The Balaban J connectivity index is 2.43. The van der Waals surface area contributed by atoms with Gasteiger partial charge in [0, 0.05) is 11.6 Å². The van der Waals surface area contributed by atoms with Gasteiger partial charge < -0.3 is 10.8 Å². The predicted molar refractivity (Wildman–Crippen MR) is 47.7 cm³/mol. The fraction of sp³-hybridized carbons (Fsp3) is 0.400. The molecule has 1 atom stereocenters. The van der Waals surface area contributed by atoms with Gasteiger partial charge in [0.15, 0.2) is 11.6 Å². The highest BCUT2D eigenvalue weighted by Gasteiger charge is 2.33. The Labute approximate surface area is 80.4 Å². The first kappa shape index (κ1) is 9.40. The molecule has 14 heavy (non-hydrogen) atoms. The lowest BCUT2D eigenvalue weighted by atomic mass is 10.0. The van der Waals surface area contributed by atoms with Crippen molar-refractivity contribution >= 4 is 0 Å². The maximum atomic E-state index is 13.3. The number of rotatable bonds is 2. The molecule has 3 N–H and O–H groups in total. The van der Waals surface area contributed by atoms with Crippen LogP contribution in [0.25, 0.3) is 0 Å². The minimum Gasteiger partial charge on any atom is -0.505 e. The number of phenols is 1. The Hall–Kier alpha value is -1.16. The van der Waals surface area contributed by atoms with Crippen LogP contribution in [0.1, 0.15) is 24.4 Å². The van der Waals surface area contributed by atoms with E-state index in [0.717, 1.165) is 25.0 Å². The Bertz CT molecular complexity index is 363. The van der Waals surface area contributed by atoms with Crippen LogP contribution in [0.3, 0.4) is 0 Å². The van der Waals surface area contributed by atoms with Gasteiger partial charge in [-0.2, -0.15) is 0 Å². The summed E-state index contributed by atoms with van der Waals surface area (Å²) < 4.78 is 26.2. The summed E-state index contributed by atoms with van der Waals surface area (Å²) in [6, 6.07) is 1.30. The van der Waals surface area contributed by atoms with Gasteiger partial charge in [0.25, 0.3) is 0 Å². The number of halogens is 2. The summed E-state index contributed by atoms with van der Waals surface area (Å²) in [6.07, 6.45) is 1.83. The van der Waals surface area contributed by atoms with Crippen molar-refractivity contribution in [3.8, 4) is 5.75 Å². The quantitative estimate of drug-likeness (QED) is 0.766. The number of hydrogen-bond donors (Lipinski definition) is 2. The number of phenolic OH excluding ortho intramolecular Hbond substituents is 1. The molecule has 0 spiro atoms. The predicted octanol–water partition coefficient (Wildman–Crippen LogP) is 2.08. The van der Waals surface area contributed by atoms with Crippen LogP contribution in [-0.2, 0) is 0 Å². The van der Waals surface area contributed by atoms with Crippen LogP contribution in [0.5, 0.6) is 5.75 Å². The average Bonchev–Trinajstić information content (AvgIpc) is 2.95. The minimum absolute atomic E-state index is 0.0903. The lowest BCUT2D eigenvalue weighted by molar-refractivity contribution is 0.405. The van der Waals surface area contributed by atoms with Crippen molar-refractivity contribution in [2.75, 3.05) is 0 Å². The maximum Gasteiger partial charge on any atom is 0.165 e. The van der Waals surface area contributed by atoms with E-state index in [1.807, 2.05) is 0 Å². The molecule has 0 aromatic heterocycles. The lowest BCUT2D eigenvalue weighted by Crippen LogP contribution is -2.14. The molecule has 4 heteroatoms. The second kappa shape index (κ2) is 3.20. The van der Waals surface area contributed by atoms with Gasteiger partial charge in [-0.1, -0.05) is 0 Å². The van der Waals surface area contributed by atoms with E-state index in [2.05, 4.69) is 0 Å². The van der Waals surface area contributed by atoms with Crippen LogP contribution in [0.15, 0.2) is 12.1 Å². The molecule has 76 valence electrons. The topological polar surface area (TPSA) is 46.2 Å². The highest BCUT2D eigenvalue weighted by molar-refractivity contribution is 5.38. The van der Waals surface area contributed by atoms with Gasteiger partial charge >= 0.3 is 0 Å². The SMILES string of the molecule is N[C@@H](c1c(F)ccc(F)c1O)C1CC1. The van der Waals surface area contributed by atoms with Crippen LogP contribution < -0.4 is 5.73 Å². The van der Waals surface area contributed by atoms with Crippen molar-refractivity contribution in [2.24, 2.45) is 11.7 Å². The first-order valence-electron chi connectivity index (χ1n) is 4.53. The van der Waals surface area contributed by atoms with Crippen LogP contribution in [0.4, 0.5) is 8.78 Å². The molecule has 1 fully saturated rings. The zero-order chi connectivity index (χ0) is 10.3. The molecule has 2 rings (SSSR count). The molecule has 0 saturated heterocycles. The fourth-order valence-corrected chi connectivity index (χ4v) is 1.56. The largest absolute Gasteiger partial charge is 0.505 e. The Morgan fingerprint density at radius 3 is 2.43 bits per heavy atom. The fourth-order valence-electron chi connectivity index (χ4n) is 1.56. The summed E-state index contributed by atoms with van der Waals surface area (Å²) >= 11 is 0. The molecule has 0 heterocycles. The van der Waals surface area contributed by atoms with E-state index in [1.165, 1.54) is 0 Å². The summed E-state index contributed by atoms with van der Waals surface area (Å²) in [7, 11) is 0. The van der Waals surface area contributed by atoms with E-state index >= 15 is 0 Å². The smallest absolute Gasteiger partial charge is 0.165 e.